The zero-order valence-corrected chi connectivity index (χ0v) is 15.9. The number of aliphatic carboxylic acids is 1. The van der Waals surface area contributed by atoms with E-state index < -0.39 is 36.1 Å². The van der Waals surface area contributed by atoms with E-state index in [1.54, 1.807) is 24.3 Å². The zero-order chi connectivity index (χ0) is 21.5. The molecule has 1 heterocycles. The van der Waals surface area contributed by atoms with Crippen LogP contribution in [0.1, 0.15) is 11.1 Å². The normalized spacial score (nSPS) is 19.1. The Balaban J connectivity index is 1.71. The van der Waals surface area contributed by atoms with Gasteiger partial charge in [0, 0.05) is 6.42 Å². The van der Waals surface area contributed by atoms with Crippen LogP contribution in [0.4, 0.5) is 0 Å². The van der Waals surface area contributed by atoms with Crippen LogP contribution in [0.15, 0.2) is 54.6 Å². The fourth-order valence-corrected chi connectivity index (χ4v) is 2.92. The average Bonchev–Trinajstić information content (AvgIpc) is 3.24. The number of carbonyl (C=O) groups excluding carboxylic acids is 2. The first-order chi connectivity index (χ1) is 14.4. The summed E-state index contributed by atoms with van der Waals surface area (Å²) >= 11 is 0. The van der Waals surface area contributed by atoms with Crippen molar-refractivity contribution in [3.05, 3.63) is 65.7 Å². The minimum Gasteiger partial charge on any atom is -0.508 e. The summed E-state index contributed by atoms with van der Waals surface area (Å²) in [6, 6.07) is 14.1. The minimum atomic E-state index is -1.46. The van der Waals surface area contributed by atoms with Gasteiger partial charge in [0.25, 0.3) is 5.91 Å². The number of esters is 1. The van der Waals surface area contributed by atoms with Gasteiger partial charge in [-0.2, -0.15) is 0 Å². The van der Waals surface area contributed by atoms with Gasteiger partial charge in [0.05, 0.1) is 0 Å². The van der Waals surface area contributed by atoms with Gasteiger partial charge in [0.1, 0.15) is 25.2 Å². The van der Waals surface area contributed by atoms with Gasteiger partial charge in [-0.1, -0.05) is 42.5 Å². The Hall–Kier alpha value is -3.43. The topological polar surface area (TPSA) is 131 Å². The Kier molecular flexibility index (Phi) is 6.99. The molecular weight excluding hydrogens is 394 g/mol. The lowest BCUT2D eigenvalue weighted by Crippen LogP contribution is -2.51. The number of rotatable bonds is 8. The number of hydrogen-bond donors (Lipinski definition) is 3. The molecule has 0 saturated carbocycles. The molecule has 0 spiro atoms. The number of nitrogens with one attached hydrogen (secondary N) is 1. The maximum atomic E-state index is 12.7. The number of benzene rings is 2. The highest BCUT2D eigenvalue weighted by molar-refractivity contribution is 5.91. The average molecular weight is 415 g/mol. The van der Waals surface area contributed by atoms with Gasteiger partial charge in [0.15, 0.2) is 12.2 Å². The summed E-state index contributed by atoms with van der Waals surface area (Å²) in [5.41, 5.74) is 1.44. The van der Waals surface area contributed by atoms with E-state index in [0.717, 1.165) is 5.56 Å². The quantitative estimate of drug-likeness (QED) is 0.544. The van der Waals surface area contributed by atoms with Crippen molar-refractivity contribution in [1.29, 1.82) is 0 Å². The third kappa shape index (κ3) is 5.56. The van der Waals surface area contributed by atoms with Crippen LogP contribution in [0.2, 0.25) is 0 Å². The van der Waals surface area contributed by atoms with E-state index in [1.807, 2.05) is 18.2 Å². The highest BCUT2D eigenvalue weighted by Gasteiger charge is 2.41. The first kappa shape index (κ1) is 21.3. The van der Waals surface area contributed by atoms with Gasteiger partial charge in [-0.25, -0.2) is 9.59 Å². The lowest BCUT2D eigenvalue weighted by atomic mass is 10.0. The molecule has 3 atom stereocenters. The van der Waals surface area contributed by atoms with Crippen LogP contribution in [-0.4, -0.2) is 53.1 Å². The molecule has 2 aromatic carbocycles. The van der Waals surface area contributed by atoms with Crippen LogP contribution < -0.4 is 5.32 Å². The number of phenolic OH excluding ortho intramolecular Hbond substituents is 1. The van der Waals surface area contributed by atoms with Gasteiger partial charge in [-0.15, -0.1) is 0 Å². The molecule has 3 rings (SSSR count). The molecule has 30 heavy (non-hydrogen) atoms. The molecule has 9 heteroatoms. The Morgan fingerprint density at radius 1 is 1.00 bits per heavy atom. The van der Waals surface area contributed by atoms with E-state index in [-0.39, 0.29) is 25.6 Å². The van der Waals surface area contributed by atoms with Gasteiger partial charge < -0.3 is 29.7 Å². The predicted octanol–water partition coefficient (Wildman–Crippen LogP) is 0.989. The van der Waals surface area contributed by atoms with E-state index >= 15 is 0 Å². The first-order valence-corrected chi connectivity index (χ1v) is 9.19. The predicted molar refractivity (Wildman–Crippen MR) is 102 cm³/mol. The van der Waals surface area contributed by atoms with E-state index in [9.17, 15) is 19.5 Å². The number of phenols is 1. The number of carboxylic acid groups (broad SMARTS) is 1. The number of ether oxygens (including phenoxy) is 3. The molecule has 1 amide bonds. The van der Waals surface area contributed by atoms with Crippen LogP contribution in [-0.2, 0) is 41.6 Å². The zero-order valence-electron chi connectivity index (χ0n) is 15.9. The van der Waals surface area contributed by atoms with Crippen molar-refractivity contribution in [1.82, 2.24) is 5.32 Å². The van der Waals surface area contributed by atoms with Crippen molar-refractivity contribution in [3.8, 4) is 5.75 Å². The molecule has 0 unspecified atom stereocenters. The van der Waals surface area contributed by atoms with E-state index in [4.69, 9.17) is 19.3 Å². The van der Waals surface area contributed by atoms with Gasteiger partial charge in [0.2, 0.25) is 0 Å². The van der Waals surface area contributed by atoms with Crippen molar-refractivity contribution >= 4 is 17.8 Å². The molecule has 1 fully saturated rings. The summed E-state index contributed by atoms with van der Waals surface area (Å²) < 4.78 is 15.3. The molecule has 0 radical (unpaired) electrons. The number of hydrogen-bond acceptors (Lipinski definition) is 7. The van der Waals surface area contributed by atoms with Gasteiger partial charge in [-0.05, 0) is 23.3 Å². The summed E-state index contributed by atoms with van der Waals surface area (Å²) in [6.45, 7) is -0.321. The molecule has 1 aliphatic heterocycles. The van der Waals surface area contributed by atoms with Crippen LogP contribution in [0.5, 0.6) is 5.75 Å². The Labute approximate surface area is 172 Å². The van der Waals surface area contributed by atoms with Crippen LogP contribution in [0.3, 0.4) is 0 Å². The number of amides is 1. The van der Waals surface area contributed by atoms with Crippen molar-refractivity contribution in [2.24, 2.45) is 0 Å². The Morgan fingerprint density at radius 3 is 2.33 bits per heavy atom. The maximum Gasteiger partial charge on any atom is 0.336 e. The fraction of sp³-hybridized carbons (Fsp3) is 0.286. The second-order valence-corrected chi connectivity index (χ2v) is 6.66. The lowest BCUT2D eigenvalue weighted by Gasteiger charge is -2.20. The molecule has 9 nitrogen and oxygen atoms in total. The highest BCUT2D eigenvalue weighted by Crippen LogP contribution is 2.16. The largest absolute Gasteiger partial charge is 0.508 e. The number of aromatic hydroxyl groups is 1. The molecule has 0 aliphatic carbocycles. The first-order valence-electron chi connectivity index (χ1n) is 9.19. The van der Waals surface area contributed by atoms with Crippen LogP contribution in [0, 0.1) is 0 Å². The lowest BCUT2D eigenvalue weighted by molar-refractivity contribution is -0.152. The second kappa shape index (κ2) is 9.86. The summed E-state index contributed by atoms with van der Waals surface area (Å²) in [5, 5.41) is 21.1. The molecular formula is C21H21NO8. The summed E-state index contributed by atoms with van der Waals surface area (Å²) in [7, 11) is 0. The molecule has 0 aromatic heterocycles. The molecule has 158 valence electrons. The van der Waals surface area contributed by atoms with Crippen molar-refractivity contribution in [2.75, 3.05) is 6.79 Å². The van der Waals surface area contributed by atoms with Crippen molar-refractivity contribution < 1.29 is 38.8 Å². The highest BCUT2D eigenvalue weighted by atomic mass is 16.7. The standard InChI is InChI=1S/C21H21NO8/c23-15-8-6-13(7-9-15)10-16(21(27)28-11-14-4-2-1-3-5-14)22-19(24)17-18(20(25)26)30-12-29-17/h1-9,16-18,23H,10-12H2,(H,22,24)(H,25,26)/t16-,17+,18+/m0/s1. The summed E-state index contributed by atoms with van der Waals surface area (Å²) in [5.74, 6) is -2.76. The summed E-state index contributed by atoms with van der Waals surface area (Å²) in [6.07, 6.45) is -2.77. The van der Waals surface area contributed by atoms with Crippen molar-refractivity contribution in [3.63, 3.8) is 0 Å². The number of carboxylic acids is 1. The third-order valence-corrected chi connectivity index (χ3v) is 4.47. The Bertz CT molecular complexity index is 884. The van der Waals surface area contributed by atoms with Crippen LogP contribution >= 0.6 is 0 Å². The third-order valence-electron chi connectivity index (χ3n) is 4.47. The van der Waals surface area contributed by atoms with Crippen LogP contribution in [0.25, 0.3) is 0 Å². The minimum absolute atomic E-state index is 0.0163. The van der Waals surface area contributed by atoms with Gasteiger partial charge >= 0.3 is 11.9 Å². The smallest absolute Gasteiger partial charge is 0.336 e. The molecule has 1 aliphatic rings. The molecule has 2 aromatic rings. The fourth-order valence-electron chi connectivity index (χ4n) is 2.92. The van der Waals surface area contributed by atoms with E-state index in [2.05, 4.69) is 5.32 Å². The molecule has 3 N–H and O–H groups in total. The van der Waals surface area contributed by atoms with E-state index in [0.29, 0.717) is 5.56 Å². The number of carbonyl (C=O) groups is 3. The Morgan fingerprint density at radius 2 is 1.67 bits per heavy atom. The monoisotopic (exact) mass is 415 g/mol. The second-order valence-electron chi connectivity index (χ2n) is 6.66. The van der Waals surface area contributed by atoms with Gasteiger partial charge in [-0.3, -0.25) is 4.79 Å². The summed E-state index contributed by atoms with van der Waals surface area (Å²) in [4.78, 5) is 36.5. The SMILES string of the molecule is O=C(OCc1ccccc1)[C@H](Cc1ccc(O)cc1)NC(=O)[C@@H]1OCO[C@H]1C(=O)O. The maximum absolute atomic E-state index is 12.7. The van der Waals surface area contributed by atoms with Crippen molar-refractivity contribution in [2.45, 2.75) is 31.3 Å². The van der Waals surface area contributed by atoms with E-state index in [1.165, 1.54) is 12.1 Å². The molecule has 0 bridgehead atoms. The molecule has 1 saturated heterocycles.